The molecule has 134 valence electrons. The van der Waals surface area contributed by atoms with Gasteiger partial charge < -0.3 is 14.4 Å². The molecule has 5 nitrogen and oxygen atoms in total. The average molecular weight is 349 g/mol. The number of nitrogens with zero attached hydrogens (tertiary/aromatic N) is 3. The van der Waals surface area contributed by atoms with E-state index in [1.807, 2.05) is 64.9 Å². The summed E-state index contributed by atoms with van der Waals surface area (Å²) in [6.45, 7) is 3.32. The van der Waals surface area contributed by atoms with E-state index in [1.54, 1.807) is 6.20 Å². The zero-order valence-corrected chi connectivity index (χ0v) is 14.9. The van der Waals surface area contributed by atoms with Crippen molar-refractivity contribution >= 4 is 11.6 Å². The predicted octanol–water partition coefficient (Wildman–Crippen LogP) is 3.23. The third kappa shape index (κ3) is 3.22. The van der Waals surface area contributed by atoms with Crippen LogP contribution in [-0.4, -0.2) is 38.4 Å². The maximum atomic E-state index is 12.8. The van der Waals surface area contributed by atoms with Crippen LogP contribution in [0.3, 0.4) is 0 Å². The van der Waals surface area contributed by atoms with Gasteiger partial charge in [-0.2, -0.15) is 0 Å². The minimum absolute atomic E-state index is 0.0287. The Hall–Kier alpha value is -2.66. The summed E-state index contributed by atoms with van der Waals surface area (Å²) in [7, 11) is 0. The van der Waals surface area contributed by atoms with Crippen LogP contribution in [0.15, 0.2) is 54.9 Å². The summed E-state index contributed by atoms with van der Waals surface area (Å²) < 4.78 is 1.88. The summed E-state index contributed by atoms with van der Waals surface area (Å²) in [6, 6.07) is 13.7. The highest BCUT2D eigenvalue weighted by Crippen LogP contribution is 2.31. The van der Waals surface area contributed by atoms with Crippen molar-refractivity contribution in [1.82, 2.24) is 14.3 Å². The molecule has 1 atom stereocenters. The second kappa shape index (κ2) is 6.92. The topological polar surface area (TPSA) is 57.8 Å². The predicted molar refractivity (Wildman–Crippen MR) is 100.0 cm³/mol. The minimum atomic E-state index is -0.466. The number of carbonyl (C=O) groups is 1. The molecule has 1 fully saturated rings. The zero-order valence-electron chi connectivity index (χ0n) is 14.9. The highest BCUT2D eigenvalue weighted by molar-refractivity contribution is 5.93. The van der Waals surface area contributed by atoms with Gasteiger partial charge in [-0.1, -0.05) is 30.3 Å². The number of hydrogen-bond acceptors (Lipinski definition) is 3. The minimum Gasteiger partial charge on any atom is -0.388 e. The van der Waals surface area contributed by atoms with Crippen LogP contribution in [0.1, 0.15) is 40.6 Å². The van der Waals surface area contributed by atoms with Gasteiger partial charge in [0, 0.05) is 25.5 Å². The smallest absolute Gasteiger partial charge is 0.274 e. The number of hydrogen-bond donors (Lipinski definition) is 1. The van der Waals surface area contributed by atoms with Gasteiger partial charge >= 0.3 is 0 Å². The number of aryl methyl sites for hydroxylation is 1. The van der Waals surface area contributed by atoms with Gasteiger partial charge in [0.2, 0.25) is 0 Å². The summed E-state index contributed by atoms with van der Waals surface area (Å²) in [4.78, 5) is 19.1. The lowest BCUT2D eigenvalue weighted by molar-refractivity contribution is 0.0459. The molecule has 0 aliphatic carbocycles. The number of benzene rings is 1. The summed E-state index contributed by atoms with van der Waals surface area (Å²) in [5.41, 5.74) is 3.35. The van der Waals surface area contributed by atoms with Crippen LogP contribution in [-0.2, 0) is 0 Å². The number of amides is 1. The van der Waals surface area contributed by atoms with E-state index < -0.39 is 6.10 Å². The quantitative estimate of drug-likeness (QED) is 0.790. The molecule has 1 amide bonds. The molecule has 1 aromatic carbocycles. The maximum Gasteiger partial charge on any atom is 0.274 e. The van der Waals surface area contributed by atoms with Gasteiger partial charge in [-0.3, -0.25) is 4.79 Å². The molecule has 0 spiro atoms. The van der Waals surface area contributed by atoms with Crippen molar-refractivity contribution in [2.75, 3.05) is 13.1 Å². The first-order chi connectivity index (χ1) is 12.6. The summed E-state index contributed by atoms with van der Waals surface area (Å²) >= 11 is 0. The zero-order chi connectivity index (χ0) is 18.1. The number of pyridine rings is 1. The van der Waals surface area contributed by atoms with Crippen LogP contribution in [0.2, 0.25) is 0 Å². The Kier molecular flexibility index (Phi) is 4.47. The number of likely N-dealkylation sites (tertiary alicyclic amines) is 1. The lowest BCUT2D eigenvalue weighted by atomic mass is 9.87. The van der Waals surface area contributed by atoms with Crippen molar-refractivity contribution in [3.05, 3.63) is 71.7 Å². The van der Waals surface area contributed by atoms with Crippen LogP contribution in [0.4, 0.5) is 0 Å². The Morgan fingerprint density at radius 1 is 1.19 bits per heavy atom. The largest absolute Gasteiger partial charge is 0.388 e. The molecule has 1 saturated heterocycles. The Balaban J connectivity index is 1.43. The molecule has 0 unspecified atom stereocenters. The van der Waals surface area contributed by atoms with E-state index >= 15 is 0 Å². The molecule has 0 bridgehead atoms. The first kappa shape index (κ1) is 16.8. The van der Waals surface area contributed by atoms with Crippen molar-refractivity contribution in [2.24, 2.45) is 5.92 Å². The summed E-state index contributed by atoms with van der Waals surface area (Å²) in [5.74, 6) is 0.157. The van der Waals surface area contributed by atoms with Crippen molar-refractivity contribution in [3.8, 4) is 0 Å². The van der Waals surface area contributed by atoms with Gasteiger partial charge in [-0.15, -0.1) is 0 Å². The summed E-state index contributed by atoms with van der Waals surface area (Å²) in [5, 5.41) is 10.6. The fourth-order valence-electron chi connectivity index (χ4n) is 3.69. The second-order valence-corrected chi connectivity index (χ2v) is 7.08. The molecule has 3 heterocycles. The van der Waals surface area contributed by atoms with Crippen LogP contribution in [0, 0.1) is 12.8 Å². The maximum absolute atomic E-state index is 12.8. The van der Waals surface area contributed by atoms with Gasteiger partial charge in [-0.25, -0.2) is 4.98 Å². The summed E-state index contributed by atoms with van der Waals surface area (Å²) in [6.07, 6.45) is 4.85. The van der Waals surface area contributed by atoms with E-state index in [9.17, 15) is 9.90 Å². The fraction of sp³-hybridized carbons (Fsp3) is 0.333. The second-order valence-electron chi connectivity index (χ2n) is 7.08. The lowest BCUT2D eigenvalue weighted by Gasteiger charge is -2.34. The highest BCUT2D eigenvalue weighted by atomic mass is 16.3. The van der Waals surface area contributed by atoms with E-state index in [1.165, 1.54) is 0 Å². The molecule has 1 aliphatic heterocycles. The number of piperidine rings is 1. The van der Waals surface area contributed by atoms with Gasteiger partial charge in [-0.05, 0) is 48.9 Å². The van der Waals surface area contributed by atoms with Crippen molar-refractivity contribution in [1.29, 1.82) is 0 Å². The van der Waals surface area contributed by atoms with E-state index in [0.29, 0.717) is 18.8 Å². The Morgan fingerprint density at radius 3 is 2.65 bits per heavy atom. The molecule has 2 aromatic heterocycles. The molecule has 0 saturated carbocycles. The number of carbonyl (C=O) groups excluding carboxylic acids is 1. The van der Waals surface area contributed by atoms with E-state index in [0.717, 1.165) is 29.6 Å². The van der Waals surface area contributed by atoms with E-state index in [4.69, 9.17) is 0 Å². The Bertz CT molecular complexity index is 911. The number of fused-ring (bicyclic) bond motifs is 1. The van der Waals surface area contributed by atoms with Crippen molar-refractivity contribution in [2.45, 2.75) is 25.9 Å². The molecule has 26 heavy (non-hydrogen) atoms. The number of aliphatic hydroxyl groups excluding tert-OH is 1. The number of rotatable bonds is 3. The van der Waals surface area contributed by atoms with Crippen molar-refractivity contribution < 1.29 is 9.90 Å². The van der Waals surface area contributed by atoms with E-state index in [-0.39, 0.29) is 11.8 Å². The van der Waals surface area contributed by atoms with Gasteiger partial charge in [0.15, 0.2) is 0 Å². The van der Waals surface area contributed by atoms with Crippen molar-refractivity contribution in [3.63, 3.8) is 0 Å². The molecule has 1 aliphatic rings. The van der Waals surface area contributed by atoms with Crippen LogP contribution in [0.25, 0.3) is 5.65 Å². The SMILES string of the molecule is Cc1ccn2cc(C(=O)N3CCC([C@@H](O)c4ccccc4)CC3)nc2c1. The third-order valence-corrected chi connectivity index (χ3v) is 5.25. The number of imidazole rings is 1. The first-order valence-electron chi connectivity index (χ1n) is 9.09. The molecule has 1 N–H and O–H groups in total. The molecule has 4 rings (SSSR count). The highest BCUT2D eigenvalue weighted by Gasteiger charge is 2.29. The number of aromatic nitrogens is 2. The normalized spacial score (nSPS) is 16.8. The van der Waals surface area contributed by atoms with E-state index in [2.05, 4.69) is 4.98 Å². The third-order valence-electron chi connectivity index (χ3n) is 5.25. The molecule has 5 heteroatoms. The standard InChI is InChI=1S/C21H23N3O2/c1-15-7-10-24-14-18(22-19(24)13-15)21(26)23-11-8-17(9-12-23)20(25)16-5-3-2-4-6-16/h2-7,10,13-14,17,20,25H,8-9,11-12H2,1H3/t20-/m0/s1. The molecule has 0 radical (unpaired) electrons. The van der Waals surface area contributed by atoms with Crippen LogP contribution < -0.4 is 0 Å². The molecule has 3 aromatic rings. The van der Waals surface area contributed by atoms with Crippen LogP contribution in [0.5, 0.6) is 0 Å². The first-order valence-corrected chi connectivity index (χ1v) is 9.09. The lowest BCUT2D eigenvalue weighted by Crippen LogP contribution is -2.39. The Morgan fingerprint density at radius 2 is 1.92 bits per heavy atom. The van der Waals surface area contributed by atoms with Gasteiger partial charge in [0.1, 0.15) is 11.3 Å². The monoisotopic (exact) mass is 349 g/mol. The molecular weight excluding hydrogens is 326 g/mol. The average Bonchev–Trinajstić information content (AvgIpc) is 3.11. The van der Waals surface area contributed by atoms with Gasteiger partial charge in [0.05, 0.1) is 6.10 Å². The Labute approximate surface area is 152 Å². The molecular formula is C21H23N3O2. The number of aliphatic hydroxyl groups is 1. The van der Waals surface area contributed by atoms with Crippen LogP contribution >= 0.6 is 0 Å². The van der Waals surface area contributed by atoms with Gasteiger partial charge in [0.25, 0.3) is 5.91 Å². The fourth-order valence-corrected chi connectivity index (χ4v) is 3.69.